The van der Waals surface area contributed by atoms with E-state index in [1.165, 1.54) is 11.1 Å². The van der Waals surface area contributed by atoms with Gasteiger partial charge in [0, 0.05) is 5.92 Å². The van der Waals surface area contributed by atoms with Crippen molar-refractivity contribution >= 4 is 11.6 Å². The molecule has 1 aliphatic carbocycles. The highest BCUT2D eigenvalue weighted by Gasteiger charge is 2.40. The molecule has 0 bridgehead atoms. The Morgan fingerprint density at radius 3 is 2.21 bits per heavy atom. The van der Waals surface area contributed by atoms with Crippen molar-refractivity contribution in [2.24, 2.45) is 5.92 Å². The lowest BCUT2D eigenvalue weighted by Crippen LogP contribution is -2.36. The molecule has 0 radical (unpaired) electrons. The van der Waals surface area contributed by atoms with Crippen LogP contribution in [-0.2, 0) is 0 Å². The van der Waals surface area contributed by atoms with Gasteiger partial charge in [0.05, 0.1) is 6.10 Å². The second-order valence-corrected chi connectivity index (χ2v) is 7.96. The van der Waals surface area contributed by atoms with Crippen molar-refractivity contribution in [1.82, 2.24) is 0 Å². The van der Waals surface area contributed by atoms with Crippen molar-refractivity contribution in [3.8, 4) is 0 Å². The van der Waals surface area contributed by atoms with E-state index in [2.05, 4.69) is 20.8 Å². The summed E-state index contributed by atoms with van der Waals surface area (Å²) in [5, 5.41) is 19.5. The molecular formula is C21H37ClO2. The highest BCUT2D eigenvalue weighted by atomic mass is 35.5. The summed E-state index contributed by atoms with van der Waals surface area (Å²) in [6.07, 6.45) is 11.7. The molecule has 0 aromatic carbocycles. The maximum Gasteiger partial charge on any atom is 0.164 e. The summed E-state index contributed by atoms with van der Waals surface area (Å²) in [7, 11) is 0. The fourth-order valence-electron chi connectivity index (χ4n) is 3.75. The van der Waals surface area contributed by atoms with Crippen LogP contribution in [0.15, 0.2) is 22.8 Å². The molecule has 0 amide bonds. The van der Waals surface area contributed by atoms with E-state index >= 15 is 0 Å². The molecule has 2 N–H and O–H groups in total. The Balaban J connectivity index is 3.27. The highest BCUT2D eigenvalue weighted by Crippen LogP contribution is 2.46. The Kier molecular flexibility index (Phi) is 9.63. The van der Waals surface area contributed by atoms with E-state index in [1.54, 1.807) is 6.92 Å². The van der Waals surface area contributed by atoms with Crippen LogP contribution in [-0.4, -0.2) is 21.4 Å². The lowest BCUT2D eigenvalue weighted by Gasteiger charge is -2.38. The van der Waals surface area contributed by atoms with Crippen molar-refractivity contribution < 1.29 is 10.2 Å². The van der Waals surface area contributed by atoms with Crippen LogP contribution in [0.3, 0.4) is 0 Å². The van der Waals surface area contributed by atoms with E-state index in [0.717, 1.165) is 63.4 Å². The fourth-order valence-corrected chi connectivity index (χ4v) is 4.12. The van der Waals surface area contributed by atoms with Gasteiger partial charge in [-0.25, -0.2) is 0 Å². The zero-order valence-corrected chi connectivity index (χ0v) is 16.8. The van der Waals surface area contributed by atoms with Crippen LogP contribution in [0.1, 0.15) is 91.9 Å². The fraction of sp³-hybridized carbons (Fsp3) is 0.810. The van der Waals surface area contributed by atoms with Crippen molar-refractivity contribution in [3.05, 3.63) is 22.8 Å². The number of unbranched alkanes of at least 4 members (excludes halogenated alkanes) is 3. The summed E-state index contributed by atoms with van der Waals surface area (Å²) >= 11 is 6.59. The van der Waals surface area contributed by atoms with E-state index in [-0.39, 0.29) is 5.92 Å². The molecule has 0 spiro atoms. The molecule has 3 heteroatoms. The van der Waals surface area contributed by atoms with Crippen molar-refractivity contribution in [1.29, 1.82) is 0 Å². The normalized spacial score (nSPS) is 25.8. The van der Waals surface area contributed by atoms with Crippen molar-refractivity contribution in [3.63, 3.8) is 0 Å². The zero-order chi connectivity index (χ0) is 18.2. The van der Waals surface area contributed by atoms with Gasteiger partial charge in [-0.2, -0.15) is 0 Å². The molecule has 0 fully saturated rings. The smallest absolute Gasteiger partial charge is 0.164 e. The predicted octanol–water partition coefficient (Wildman–Crippen LogP) is 6.11. The highest BCUT2D eigenvalue weighted by molar-refractivity contribution is 6.24. The Bertz CT molecular complexity index is 435. The standard InChI is InChI=1S/C21H37ClO2/c1-5-8-11-18-17(14-16(4)23)15-21(22,24)20(13-10-7-3)19(18)12-9-6-2/h15-16,20,23-24H,5-14H2,1-4H3. The van der Waals surface area contributed by atoms with Gasteiger partial charge in [0.2, 0.25) is 0 Å². The lowest BCUT2D eigenvalue weighted by atomic mass is 9.74. The second kappa shape index (κ2) is 10.6. The third kappa shape index (κ3) is 6.20. The third-order valence-corrected chi connectivity index (χ3v) is 5.38. The molecule has 1 aliphatic rings. The van der Waals surface area contributed by atoms with Crippen LogP contribution in [0, 0.1) is 5.92 Å². The number of rotatable bonds is 11. The largest absolute Gasteiger partial charge is 0.393 e. The van der Waals surface area contributed by atoms with Gasteiger partial charge in [-0.15, -0.1) is 0 Å². The molecule has 0 aromatic heterocycles. The number of hydrogen-bond donors (Lipinski definition) is 2. The Morgan fingerprint density at radius 2 is 1.67 bits per heavy atom. The van der Waals surface area contributed by atoms with Crippen LogP contribution in [0.5, 0.6) is 0 Å². The van der Waals surface area contributed by atoms with E-state index in [0.29, 0.717) is 6.42 Å². The first-order valence-electron chi connectivity index (χ1n) is 9.90. The van der Waals surface area contributed by atoms with Gasteiger partial charge in [0.1, 0.15) is 0 Å². The van der Waals surface area contributed by atoms with Crippen LogP contribution >= 0.6 is 11.6 Å². The Labute approximate surface area is 154 Å². The third-order valence-electron chi connectivity index (χ3n) is 5.00. The van der Waals surface area contributed by atoms with Gasteiger partial charge < -0.3 is 10.2 Å². The molecule has 1 rings (SSSR count). The Hall–Kier alpha value is -0.310. The number of halogens is 1. The summed E-state index contributed by atoms with van der Waals surface area (Å²) in [6, 6.07) is 0. The zero-order valence-electron chi connectivity index (χ0n) is 16.1. The molecule has 3 unspecified atom stereocenters. The first-order chi connectivity index (χ1) is 11.4. The van der Waals surface area contributed by atoms with E-state index in [1.807, 2.05) is 6.08 Å². The molecule has 2 nitrogen and oxygen atoms in total. The van der Waals surface area contributed by atoms with Gasteiger partial charge in [-0.3, -0.25) is 0 Å². The number of allylic oxidation sites excluding steroid dienone is 1. The molecule has 0 saturated heterocycles. The summed E-state index contributed by atoms with van der Waals surface area (Å²) in [6.45, 7) is 8.40. The van der Waals surface area contributed by atoms with Crippen LogP contribution in [0.4, 0.5) is 0 Å². The van der Waals surface area contributed by atoms with Gasteiger partial charge in [0.25, 0.3) is 0 Å². The average molecular weight is 357 g/mol. The first kappa shape index (κ1) is 21.7. The minimum atomic E-state index is -1.31. The maximum atomic E-state index is 10.9. The molecule has 140 valence electrons. The van der Waals surface area contributed by atoms with Crippen LogP contribution < -0.4 is 0 Å². The van der Waals surface area contributed by atoms with E-state index in [9.17, 15) is 10.2 Å². The number of alkyl halides is 1. The van der Waals surface area contributed by atoms with Crippen LogP contribution in [0.2, 0.25) is 0 Å². The molecule has 3 atom stereocenters. The topological polar surface area (TPSA) is 40.5 Å². The summed E-state index contributed by atoms with van der Waals surface area (Å²) in [5.74, 6) is 0.00951. The minimum Gasteiger partial charge on any atom is -0.393 e. The van der Waals surface area contributed by atoms with Crippen LogP contribution in [0.25, 0.3) is 0 Å². The quantitative estimate of drug-likeness (QED) is 0.438. The average Bonchev–Trinajstić information content (AvgIpc) is 2.50. The second-order valence-electron chi connectivity index (χ2n) is 7.36. The summed E-state index contributed by atoms with van der Waals surface area (Å²) < 4.78 is 0. The van der Waals surface area contributed by atoms with Gasteiger partial charge in [0.15, 0.2) is 5.06 Å². The SMILES string of the molecule is CCCCC1=C(CCCC)C(CCCC)C(O)(Cl)C=C1CC(C)O. The predicted molar refractivity (Wildman–Crippen MR) is 104 cm³/mol. The lowest BCUT2D eigenvalue weighted by molar-refractivity contribution is 0.113. The number of hydrogen-bond acceptors (Lipinski definition) is 2. The number of aliphatic hydroxyl groups excluding tert-OH is 1. The van der Waals surface area contributed by atoms with Crippen molar-refractivity contribution in [2.75, 3.05) is 0 Å². The molecule has 0 saturated carbocycles. The van der Waals surface area contributed by atoms with Gasteiger partial charge >= 0.3 is 0 Å². The minimum absolute atomic E-state index is 0.00951. The molecule has 0 aromatic rings. The van der Waals surface area contributed by atoms with E-state index < -0.39 is 11.2 Å². The summed E-state index contributed by atoms with van der Waals surface area (Å²) in [4.78, 5) is 0. The molecule has 0 aliphatic heterocycles. The monoisotopic (exact) mass is 356 g/mol. The Morgan fingerprint density at radius 1 is 1.08 bits per heavy atom. The molecule has 24 heavy (non-hydrogen) atoms. The van der Waals surface area contributed by atoms with Gasteiger partial charge in [-0.05, 0) is 62.7 Å². The maximum absolute atomic E-state index is 10.9. The summed E-state index contributed by atoms with van der Waals surface area (Å²) in [5.41, 5.74) is 3.79. The first-order valence-corrected chi connectivity index (χ1v) is 10.3. The molecular weight excluding hydrogens is 320 g/mol. The van der Waals surface area contributed by atoms with Crippen molar-refractivity contribution in [2.45, 2.75) is 103 Å². The van der Waals surface area contributed by atoms with E-state index in [4.69, 9.17) is 11.6 Å². The molecule has 0 heterocycles. The number of aliphatic hydroxyl groups is 2. The van der Waals surface area contributed by atoms with Gasteiger partial charge in [-0.1, -0.05) is 63.6 Å².